The van der Waals surface area contributed by atoms with E-state index in [1.165, 1.54) is 6.33 Å². The molecular weight excluding hydrogens is 154 g/mol. The fraction of sp³-hybridized carbons (Fsp3) is 0.571. The van der Waals surface area contributed by atoms with Crippen molar-refractivity contribution in [2.75, 3.05) is 26.4 Å². The van der Waals surface area contributed by atoms with Gasteiger partial charge in [-0.25, -0.2) is 9.97 Å². The van der Waals surface area contributed by atoms with Gasteiger partial charge < -0.3 is 10.6 Å². The van der Waals surface area contributed by atoms with Crippen molar-refractivity contribution in [3.63, 3.8) is 0 Å². The van der Waals surface area contributed by atoms with Gasteiger partial charge >= 0.3 is 0 Å². The van der Waals surface area contributed by atoms with E-state index in [1.807, 2.05) is 14.1 Å². The third-order valence-corrected chi connectivity index (χ3v) is 1.42. The van der Waals surface area contributed by atoms with Gasteiger partial charge in [0.05, 0.1) is 0 Å². The maximum absolute atomic E-state index is 5.39. The van der Waals surface area contributed by atoms with E-state index >= 15 is 0 Å². The lowest BCUT2D eigenvalue weighted by atomic mass is 10.4. The van der Waals surface area contributed by atoms with Crippen LogP contribution in [0.15, 0.2) is 6.33 Å². The number of hydrogen-bond donors (Lipinski definition) is 1. The van der Waals surface area contributed by atoms with Crippen LogP contribution in [0.5, 0.6) is 0 Å². The van der Waals surface area contributed by atoms with Crippen molar-refractivity contribution in [2.45, 2.75) is 6.42 Å². The maximum atomic E-state index is 5.39. The van der Waals surface area contributed by atoms with Gasteiger partial charge in [-0.05, 0) is 14.1 Å². The second-order valence-electron chi connectivity index (χ2n) is 2.81. The second-order valence-corrected chi connectivity index (χ2v) is 2.81. The summed E-state index contributed by atoms with van der Waals surface area (Å²) < 4.78 is 0. The summed E-state index contributed by atoms with van der Waals surface area (Å²) in [5, 5.41) is 0. The van der Waals surface area contributed by atoms with Crippen molar-refractivity contribution in [3.8, 4) is 0 Å². The van der Waals surface area contributed by atoms with Gasteiger partial charge in [-0.3, -0.25) is 0 Å². The normalized spacial score (nSPS) is 10.6. The van der Waals surface area contributed by atoms with Crippen molar-refractivity contribution in [1.29, 1.82) is 0 Å². The van der Waals surface area contributed by atoms with Gasteiger partial charge in [-0.15, -0.1) is 0 Å². The van der Waals surface area contributed by atoms with E-state index in [9.17, 15) is 0 Å². The molecule has 0 aliphatic rings. The first kappa shape index (κ1) is 8.86. The van der Waals surface area contributed by atoms with Gasteiger partial charge in [0, 0.05) is 13.0 Å². The molecule has 0 aromatic carbocycles. The topological polar surface area (TPSA) is 67.9 Å². The number of nitrogen functional groups attached to an aromatic ring is 1. The molecule has 1 aromatic heterocycles. The molecule has 12 heavy (non-hydrogen) atoms. The molecule has 0 spiro atoms. The molecule has 0 radical (unpaired) electrons. The molecular formula is C7H13N5. The molecule has 0 saturated heterocycles. The quantitative estimate of drug-likeness (QED) is 0.661. The molecule has 0 unspecified atom stereocenters. The van der Waals surface area contributed by atoms with E-state index in [0.717, 1.165) is 18.8 Å². The van der Waals surface area contributed by atoms with E-state index in [-0.39, 0.29) is 0 Å². The SMILES string of the molecule is CN(C)CCc1ncnc(N)n1. The first-order valence-electron chi connectivity index (χ1n) is 3.76. The fourth-order valence-electron chi connectivity index (χ4n) is 0.789. The number of likely N-dealkylation sites (N-methyl/N-ethyl adjacent to an activating group) is 1. The third-order valence-electron chi connectivity index (χ3n) is 1.42. The number of nitrogens with two attached hydrogens (primary N) is 1. The number of rotatable bonds is 3. The molecule has 0 amide bonds. The first-order chi connectivity index (χ1) is 5.68. The zero-order valence-electron chi connectivity index (χ0n) is 7.36. The van der Waals surface area contributed by atoms with E-state index in [4.69, 9.17) is 5.73 Å². The van der Waals surface area contributed by atoms with Crippen molar-refractivity contribution >= 4 is 5.95 Å². The van der Waals surface area contributed by atoms with Crippen molar-refractivity contribution < 1.29 is 0 Å². The van der Waals surface area contributed by atoms with Crippen LogP contribution in [0.3, 0.4) is 0 Å². The lowest BCUT2D eigenvalue weighted by molar-refractivity contribution is 0.409. The number of hydrogen-bond acceptors (Lipinski definition) is 5. The van der Waals surface area contributed by atoms with Crippen LogP contribution in [-0.4, -0.2) is 40.5 Å². The highest BCUT2D eigenvalue weighted by molar-refractivity contribution is 5.12. The summed E-state index contributed by atoms with van der Waals surface area (Å²) >= 11 is 0. The summed E-state index contributed by atoms with van der Waals surface area (Å²) in [6.45, 7) is 0.920. The lowest BCUT2D eigenvalue weighted by Crippen LogP contribution is -2.16. The highest BCUT2D eigenvalue weighted by Gasteiger charge is 1.98. The molecule has 0 atom stereocenters. The minimum Gasteiger partial charge on any atom is -0.368 e. The van der Waals surface area contributed by atoms with Crippen LogP contribution in [0.25, 0.3) is 0 Å². The van der Waals surface area contributed by atoms with E-state index in [2.05, 4.69) is 19.9 Å². The van der Waals surface area contributed by atoms with E-state index < -0.39 is 0 Å². The van der Waals surface area contributed by atoms with Crippen LogP contribution in [0.4, 0.5) is 5.95 Å². The molecule has 1 heterocycles. The van der Waals surface area contributed by atoms with Crippen LogP contribution in [0.2, 0.25) is 0 Å². The molecule has 0 saturated carbocycles. The molecule has 0 fully saturated rings. The Morgan fingerprint density at radius 2 is 2.17 bits per heavy atom. The average Bonchev–Trinajstić information content (AvgIpc) is 2.01. The van der Waals surface area contributed by atoms with Crippen molar-refractivity contribution in [1.82, 2.24) is 19.9 Å². The highest BCUT2D eigenvalue weighted by Crippen LogP contribution is 1.93. The zero-order valence-corrected chi connectivity index (χ0v) is 7.36. The fourth-order valence-corrected chi connectivity index (χ4v) is 0.789. The summed E-state index contributed by atoms with van der Waals surface area (Å²) in [5.74, 6) is 1.04. The van der Waals surface area contributed by atoms with Crippen molar-refractivity contribution in [2.24, 2.45) is 0 Å². The lowest BCUT2D eigenvalue weighted by Gasteiger charge is -2.07. The minimum absolute atomic E-state index is 0.291. The largest absolute Gasteiger partial charge is 0.368 e. The predicted molar refractivity (Wildman–Crippen MR) is 46.5 cm³/mol. The highest BCUT2D eigenvalue weighted by atomic mass is 15.1. The molecule has 0 bridgehead atoms. The molecule has 1 rings (SSSR count). The van der Waals surface area contributed by atoms with Gasteiger partial charge in [0.25, 0.3) is 0 Å². The van der Waals surface area contributed by atoms with Crippen LogP contribution in [0.1, 0.15) is 5.82 Å². The summed E-state index contributed by atoms with van der Waals surface area (Å²) in [5.41, 5.74) is 5.39. The smallest absolute Gasteiger partial charge is 0.223 e. The Hall–Kier alpha value is -1.23. The van der Waals surface area contributed by atoms with Crippen LogP contribution in [-0.2, 0) is 6.42 Å². The Balaban J connectivity index is 2.52. The van der Waals surface area contributed by atoms with Gasteiger partial charge in [0.15, 0.2) is 0 Å². The van der Waals surface area contributed by atoms with Crippen LogP contribution < -0.4 is 5.73 Å². The summed E-state index contributed by atoms with van der Waals surface area (Å²) in [6.07, 6.45) is 2.24. The Kier molecular flexibility index (Phi) is 2.93. The van der Waals surface area contributed by atoms with Gasteiger partial charge in [-0.1, -0.05) is 0 Å². The van der Waals surface area contributed by atoms with Gasteiger partial charge in [0.2, 0.25) is 5.95 Å². The van der Waals surface area contributed by atoms with E-state index in [0.29, 0.717) is 5.95 Å². The Bertz CT molecular complexity index is 247. The average molecular weight is 167 g/mol. The second kappa shape index (κ2) is 3.96. The third kappa shape index (κ3) is 2.79. The molecule has 0 aliphatic carbocycles. The Labute approximate surface area is 71.6 Å². The Morgan fingerprint density at radius 3 is 2.75 bits per heavy atom. The minimum atomic E-state index is 0.291. The van der Waals surface area contributed by atoms with Crippen LogP contribution >= 0.6 is 0 Å². The predicted octanol–water partition coefficient (Wildman–Crippen LogP) is -0.442. The number of anilines is 1. The zero-order chi connectivity index (χ0) is 8.97. The molecule has 5 nitrogen and oxygen atoms in total. The maximum Gasteiger partial charge on any atom is 0.223 e. The van der Waals surface area contributed by atoms with Crippen LogP contribution in [0, 0.1) is 0 Å². The standard InChI is InChI=1S/C7H13N5/c1-12(2)4-3-6-9-5-10-7(8)11-6/h5H,3-4H2,1-2H3,(H2,8,9,10,11). The summed E-state index contributed by atoms with van der Waals surface area (Å²) in [6, 6.07) is 0. The van der Waals surface area contributed by atoms with Crippen molar-refractivity contribution in [3.05, 3.63) is 12.2 Å². The summed E-state index contributed by atoms with van der Waals surface area (Å²) in [4.78, 5) is 13.7. The summed E-state index contributed by atoms with van der Waals surface area (Å²) in [7, 11) is 4.01. The Morgan fingerprint density at radius 1 is 1.42 bits per heavy atom. The molecule has 1 aromatic rings. The molecule has 5 heteroatoms. The molecule has 0 aliphatic heterocycles. The first-order valence-corrected chi connectivity index (χ1v) is 3.76. The molecule has 66 valence electrons. The number of nitrogens with zero attached hydrogens (tertiary/aromatic N) is 4. The monoisotopic (exact) mass is 167 g/mol. The van der Waals surface area contributed by atoms with Gasteiger partial charge in [-0.2, -0.15) is 4.98 Å². The molecule has 2 N–H and O–H groups in total. The van der Waals surface area contributed by atoms with E-state index in [1.54, 1.807) is 0 Å². The number of aromatic nitrogens is 3. The van der Waals surface area contributed by atoms with Gasteiger partial charge in [0.1, 0.15) is 12.2 Å².